The highest BCUT2D eigenvalue weighted by atomic mass is 35.5. The molecule has 4 nitrogen and oxygen atoms in total. The van der Waals surface area contributed by atoms with Gasteiger partial charge in [-0.1, -0.05) is 19.8 Å². The molecule has 108 valence electrons. The van der Waals surface area contributed by atoms with Crippen LogP contribution in [0.3, 0.4) is 0 Å². The van der Waals surface area contributed by atoms with Crippen molar-refractivity contribution < 1.29 is 9.53 Å². The Morgan fingerprint density at radius 1 is 1.44 bits per heavy atom. The average Bonchev–Trinajstić information content (AvgIpc) is 2.25. The van der Waals surface area contributed by atoms with E-state index < -0.39 is 0 Å². The average molecular weight is 279 g/mol. The number of ether oxygens (including phenoxy) is 1. The van der Waals surface area contributed by atoms with Crippen molar-refractivity contribution >= 4 is 18.3 Å². The van der Waals surface area contributed by atoms with E-state index in [1.54, 1.807) is 0 Å². The van der Waals surface area contributed by atoms with Crippen LogP contribution < -0.4 is 11.1 Å². The zero-order chi connectivity index (χ0) is 12.7. The maximum Gasteiger partial charge on any atom is 0.221 e. The van der Waals surface area contributed by atoms with E-state index in [9.17, 15) is 4.79 Å². The Kier molecular flexibility index (Phi) is 9.42. The van der Waals surface area contributed by atoms with Gasteiger partial charge in [0.1, 0.15) is 0 Å². The van der Waals surface area contributed by atoms with Crippen LogP contribution in [0.25, 0.3) is 0 Å². The normalized spacial score (nSPS) is 25.1. The molecule has 0 bridgehead atoms. The molecule has 0 aromatic carbocycles. The number of carbonyl (C=O) groups excluding carboxylic acids is 1. The van der Waals surface area contributed by atoms with Crippen molar-refractivity contribution in [1.82, 2.24) is 5.32 Å². The summed E-state index contributed by atoms with van der Waals surface area (Å²) < 4.78 is 5.80. The van der Waals surface area contributed by atoms with E-state index >= 15 is 0 Å². The predicted molar refractivity (Wildman–Crippen MR) is 75.9 cm³/mol. The fourth-order valence-electron chi connectivity index (χ4n) is 2.30. The number of rotatable bonds is 6. The summed E-state index contributed by atoms with van der Waals surface area (Å²) in [6.07, 6.45) is 5.79. The molecule has 0 spiro atoms. The molecule has 0 heterocycles. The van der Waals surface area contributed by atoms with Gasteiger partial charge in [-0.05, 0) is 25.7 Å². The molecule has 0 aliphatic heterocycles. The minimum absolute atomic E-state index is 0. The van der Waals surface area contributed by atoms with E-state index in [2.05, 4.69) is 12.2 Å². The zero-order valence-electron chi connectivity index (χ0n) is 11.5. The van der Waals surface area contributed by atoms with E-state index in [1.165, 1.54) is 19.3 Å². The summed E-state index contributed by atoms with van der Waals surface area (Å²) in [6, 6.07) is -0.0747. The van der Waals surface area contributed by atoms with Crippen LogP contribution in [-0.4, -0.2) is 31.2 Å². The summed E-state index contributed by atoms with van der Waals surface area (Å²) in [4.78, 5) is 11.3. The molecule has 0 aromatic heterocycles. The van der Waals surface area contributed by atoms with Crippen LogP contribution in [0, 0.1) is 5.92 Å². The van der Waals surface area contributed by atoms with Gasteiger partial charge in [0, 0.05) is 19.0 Å². The Morgan fingerprint density at radius 2 is 2.11 bits per heavy atom. The minimum atomic E-state index is -0.0747. The standard InChI is InChI=1S/C13H26N2O2.ClH/c1-10-5-3-4-6-12(10)17-8-7-15-13(16)9-11(2)14;/h10-12H,3-9,14H2,1-2H3,(H,15,16);1H. The second kappa shape index (κ2) is 9.59. The highest BCUT2D eigenvalue weighted by Crippen LogP contribution is 2.25. The zero-order valence-corrected chi connectivity index (χ0v) is 12.3. The Labute approximate surface area is 116 Å². The van der Waals surface area contributed by atoms with Gasteiger partial charge >= 0.3 is 0 Å². The van der Waals surface area contributed by atoms with Gasteiger partial charge in [0.25, 0.3) is 0 Å². The van der Waals surface area contributed by atoms with Crippen LogP contribution in [0.1, 0.15) is 46.0 Å². The number of amides is 1. The summed E-state index contributed by atoms with van der Waals surface area (Å²) in [5.74, 6) is 0.670. The summed E-state index contributed by atoms with van der Waals surface area (Å²) in [5.41, 5.74) is 5.54. The van der Waals surface area contributed by atoms with Crippen LogP contribution in [0.4, 0.5) is 0 Å². The number of nitrogens with one attached hydrogen (secondary N) is 1. The first-order valence-corrected chi connectivity index (χ1v) is 6.73. The predicted octanol–water partition coefficient (Wildman–Crippen LogP) is 1.86. The monoisotopic (exact) mass is 278 g/mol. The Morgan fingerprint density at radius 3 is 2.72 bits per heavy atom. The molecule has 0 aromatic rings. The minimum Gasteiger partial charge on any atom is -0.376 e. The van der Waals surface area contributed by atoms with E-state index in [1.807, 2.05) is 6.92 Å². The summed E-state index contributed by atoms with van der Waals surface area (Å²) in [7, 11) is 0. The van der Waals surface area contributed by atoms with Gasteiger partial charge in [-0.2, -0.15) is 0 Å². The fraction of sp³-hybridized carbons (Fsp3) is 0.923. The van der Waals surface area contributed by atoms with E-state index in [0.717, 1.165) is 6.42 Å². The lowest BCUT2D eigenvalue weighted by atomic mass is 9.88. The number of halogens is 1. The molecule has 3 N–H and O–H groups in total. The maximum atomic E-state index is 11.3. The molecular weight excluding hydrogens is 252 g/mol. The first-order chi connectivity index (χ1) is 8.09. The molecule has 5 heteroatoms. The first kappa shape index (κ1) is 17.7. The van der Waals surface area contributed by atoms with Gasteiger partial charge < -0.3 is 15.8 Å². The molecule has 3 atom stereocenters. The molecular formula is C13H27ClN2O2. The Bertz CT molecular complexity index is 237. The molecule has 1 amide bonds. The maximum absolute atomic E-state index is 11.3. The smallest absolute Gasteiger partial charge is 0.221 e. The number of hydrogen-bond donors (Lipinski definition) is 2. The quantitative estimate of drug-likeness (QED) is 0.729. The largest absolute Gasteiger partial charge is 0.376 e. The highest BCUT2D eigenvalue weighted by molar-refractivity contribution is 5.85. The summed E-state index contributed by atoms with van der Waals surface area (Å²) in [5, 5.41) is 2.82. The second-order valence-electron chi connectivity index (χ2n) is 5.20. The van der Waals surface area contributed by atoms with Crippen molar-refractivity contribution in [2.24, 2.45) is 11.7 Å². The number of carbonyl (C=O) groups is 1. The number of hydrogen-bond acceptors (Lipinski definition) is 3. The third kappa shape index (κ3) is 7.19. The van der Waals surface area contributed by atoms with Crippen molar-refractivity contribution in [3.8, 4) is 0 Å². The van der Waals surface area contributed by atoms with Crippen LogP contribution in [-0.2, 0) is 9.53 Å². The SMILES string of the molecule is CC(N)CC(=O)NCCOC1CCCCC1C.Cl. The van der Waals surface area contributed by atoms with Crippen molar-refractivity contribution in [2.45, 2.75) is 58.1 Å². The second-order valence-corrected chi connectivity index (χ2v) is 5.20. The Hall–Kier alpha value is -0.320. The Balaban J connectivity index is 0.00000289. The van der Waals surface area contributed by atoms with Gasteiger partial charge in [-0.15, -0.1) is 12.4 Å². The lowest BCUT2D eigenvalue weighted by Crippen LogP contribution is -2.34. The first-order valence-electron chi connectivity index (χ1n) is 6.73. The van der Waals surface area contributed by atoms with Gasteiger partial charge in [-0.25, -0.2) is 0 Å². The molecule has 1 fully saturated rings. The van der Waals surface area contributed by atoms with Crippen LogP contribution in [0.5, 0.6) is 0 Å². The molecule has 1 rings (SSSR count). The van der Waals surface area contributed by atoms with Crippen molar-refractivity contribution in [2.75, 3.05) is 13.2 Å². The van der Waals surface area contributed by atoms with Gasteiger partial charge in [-0.3, -0.25) is 4.79 Å². The molecule has 1 aliphatic rings. The summed E-state index contributed by atoms with van der Waals surface area (Å²) in [6.45, 7) is 5.28. The van der Waals surface area contributed by atoms with Crippen LogP contribution in [0.15, 0.2) is 0 Å². The van der Waals surface area contributed by atoms with Crippen LogP contribution in [0.2, 0.25) is 0 Å². The van der Waals surface area contributed by atoms with Crippen molar-refractivity contribution in [3.63, 3.8) is 0 Å². The van der Waals surface area contributed by atoms with E-state index in [0.29, 0.717) is 31.6 Å². The molecule has 18 heavy (non-hydrogen) atoms. The highest BCUT2D eigenvalue weighted by Gasteiger charge is 2.21. The van der Waals surface area contributed by atoms with E-state index in [4.69, 9.17) is 10.5 Å². The third-order valence-corrected chi connectivity index (χ3v) is 3.30. The lowest BCUT2D eigenvalue weighted by Gasteiger charge is -2.28. The molecule has 0 radical (unpaired) electrons. The molecule has 3 unspecified atom stereocenters. The van der Waals surface area contributed by atoms with E-state index in [-0.39, 0.29) is 24.4 Å². The lowest BCUT2D eigenvalue weighted by molar-refractivity contribution is -0.121. The topological polar surface area (TPSA) is 64.4 Å². The fourth-order valence-corrected chi connectivity index (χ4v) is 2.30. The molecule has 1 aliphatic carbocycles. The summed E-state index contributed by atoms with van der Waals surface area (Å²) >= 11 is 0. The molecule has 1 saturated carbocycles. The van der Waals surface area contributed by atoms with Crippen molar-refractivity contribution in [1.29, 1.82) is 0 Å². The third-order valence-electron chi connectivity index (χ3n) is 3.30. The van der Waals surface area contributed by atoms with Gasteiger partial charge in [0.2, 0.25) is 5.91 Å². The van der Waals surface area contributed by atoms with Gasteiger partial charge in [0.15, 0.2) is 0 Å². The van der Waals surface area contributed by atoms with Crippen LogP contribution >= 0.6 is 12.4 Å². The molecule has 0 saturated heterocycles. The number of nitrogens with two attached hydrogens (primary N) is 1. The van der Waals surface area contributed by atoms with Gasteiger partial charge in [0.05, 0.1) is 12.7 Å². The van der Waals surface area contributed by atoms with Crippen molar-refractivity contribution in [3.05, 3.63) is 0 Å².